The van der Waals surface area contributed by atoms with Crippen LogP contribution in [0.5, 0.6) is 5.75 Å². The number of hydrogen-bond donors (Lipinski definition) is 0. The molecule has 0 fully saturated rings. The van der Waals surface area contributed by atoms with Crippen molar-refractivity contribution in [2.45, 2.75) is 19.9 Å². The number of Topliss-reactive ketones (excluding diaryl/α,β-unsaturated/α-hetero) is 1. The summed E-state index contributed by atoms with van der Waals surface area (Å²) in [6.07, 6.45) is 0.477. The van der Waals surface area contributed by atoms with E-state index >= 15 is 0 Å². The van der Waals surface area contributed by atoms with Crippen LogP contribution in [0.2, 0.25) is 0 Å². The fourth-order valence-corrected chi connectivity index (χ4v) is 3.14. The number of hydrogen-bond acceptors (Lipinski definition) is 2. The van der Waals surface area contributed by atoms with E-state index in [1.54, 1.807) is 0 Å². The summed E-state index contributed by atoms with van der Waals surface area (Å²) in [6, 6.07) is 12.4. The number of aromatic nitrogens is 1. The Morgan fingerprint density at radius 3 is 2.85 bits per heavy atom. The highest BCUT2D eigenvalue weighted by atomic mass is 16.5. The molecule has 2 aromatic carbocycles. The molecule has 0 bridgehead atoms. The van der Waals surface area contributed by atoms with E-state index < -0.39 is 0 Å². The van der Waals surface area contributed by atoms with Crippen molar-refractivity contribution in [2.24, 2.45) is 0 Å². The SMILES string of the molecule is CCn1c2ccccc2c2cc3c(cc21)C(=O)CCO3. The molecule has 100 valence electrons. The molecular formula is C17H15NO2. The summed E-state index contributed by atoms with van der Waals surface area (Å²) in [5, 5.41) is 2.38. The lowest BCUT2D eigenvalue weighted by Gasteiger charge is -2.16. The zero-order chi connectivity index (χ0) is 13.7. The standard InChI is InChI=1S/C17H15NO2/c1-2-18-14-6-4-3-5-11(14)12-10-17-13(9-15(12)18)16(19)7-8-20-17/h3-6,9-10H,2,7-8H2,1H3. The van der Waals surface area contributed by atoms with Crippen molar-refractivity contribution >= 4 is 27.6 Å². The van der Waals surface area contributed by atoms with Crippen molar-refractivity contribution in [1.82, 2.24) is 4.57 Å². The van der Waals surface area contributed by atoms with E-state index in [-0.39, 0.29) is 5.78 Å². The second kappa shape index (κ2) is 4.10. The Morgan fingerprint density at radius 2 is 2.00 bits per heavy atom. The number of ketones is 1. The third-order valence-electron chi connectivity index (χ3n) is 4.08. The third-order valence-corrected chi connectivity index (χ3v) is 4.08. The third kappa shape index (κ3) is 1.43. The fraction of sp³-hybridized carbons (Fsp3) is 0.235. The molecule has 0 N–H and O–H groups in total. The zero-order valence-corrected chi connectivity index (χ0v) is 11.3. The molecule has 2 heterocycles. The van der Waals surface area contributed by atoms with Gasteiger partial charge >= 0.3 is 0 Å². The van der Waals surface area contributed by atoms with Gasteiger partial charge in [0.25, 0.3) is 0 Å². The molecule has 0 aliphatic carbocycles. The Balaban J connectivity index is 2.17. The molecule has 20 heavy (non-hydrogen) atoms. The largest absolute Gasteiger partial charge is 0.492 e. The van der Waals surface area contributed by atoms with Gasteiger partial charge in [-0.2, -0.15) is 0 Å². The van der Waals surface area contributed by atoms with Crippen LogP contribution in [-0.2, 0) is 6.54 Å². The van der Waals surface area contributed by atoms with Gasteiger partial charge in [0.2, 0.25) is 0 Å². The van der Waals surface area contributed by atoms with Crippen LogP contribution in [0.3, 0.4) is 0 Å². The highest BCUT2D eigenvalue weighted by molar-refractivity contribution is 6.12. The number of nitrogens with zero attached hydrogens (tertiary/aromatic N) is 1. The molecular weight excluding hydrogens is 250 g/mol. The van der Waals surface area contributed by atoms with E-state index in [4.69, 9.17) is 4.74 Å². The maximum atomic E-state index is 12.1. The highest BCUT2D eigenvalue weighted by Gasteiger charge is 2.21. The van der Waals surface area contributed by atoms with E-state index in [0.29, 0.717) is 13.0 Å². The molecule has 0 saturated carbocycles. The molecule has 1 aliphatic heterocycles. The van der Waals surface area contributed by atoms with E-state index in [1.807, 2.05) is 18.2 Å². The molecule has 4 rings (SSSR count). The Labute approximate surface area is 116 Å². The van der Waals surface area contributed by atoms with Crippen LogP contribution in [-0.4, -0.2) is 17.0 Å². The molecule has 0 atom stereocenters. The Morgan fingerprint density at radius 1 is 1.15 bits per heavy atom. The number of para-hydroxylation sites is 1. The Kier molecular flexibility index (Phi) is 2.36. The van der Waals surface area contributed by atoms with Crippen LogP contribution in [0.25, 0.3) is 21.8 Å². The van der Waals surface area contributed by atoms with Gasteiger partial charge in [-0.15, -0.1) is 0 Å². The summed E-state index contributed by atoms with van der Waals surface area (Å²) >= 11 is 0. The first-order valence-corrected chi connectivity index (χ1v) is 7.00. The number of rotatable bonds is 1. The molecule has 1 aliphatic rings. The van der Waals surface area contributed by atoms with Crippen molar-refractivity contribution in [3.63, 3.8) is 0 Å². The van der Waals surface area contributed by atoms with Gasteiger partial charge in [-0.25, -0.2) is 0 Å². The smallest absolute Gasteiger partial charge is 0.170 e. The van der Waals surface area contributed by atoms with E-state index in [9.17, 15) is 4.79 Å². The zero-order valence-electron chi connectivity index (χ0n) is 11.3. The summed E-state index contributed by atoms with van der Waals surface area (Å²) in [7, 11) is 0. The van der Waals surface area contributed by atoms with Crippen LogP contribution < -0.4 is 4.74 Å². The second-order valence-electron chi connectivity index (χ2n) is 5.15. The van der Waals surface area contributed by atoms with Gasteiger partial charge in [0.1, 0.15) is 5.75 Å². The van der Waals surface area contributed by atoms with Gasteiger partial charge in [-0.3, -0.25) is 4.79 Å². The lowest BCUT2D eigenvalue weighted by molar-refractivity contribution is 0.0934. The number of ether oxygens (including phenoxy) is 1. The maximum absolute atomic E-state index is 12.1. The van der Waals surface area contributed by atoms with Gasteiger partial charge in [-0.05, 0) is 25.1 Å². The van der Waals surface area contributed by atoms with E-state index in [0.717, 1.165) is 28.8 Å². The van der Waals surface area contributed by atoms with Crippen LogP contribution in [0, 0.1) is 0 Å². The van der Waals surface area contributed by atoms with Gasteiger partial charge in [0.15, 0.2) is 5.78 Å². The molecule has 3 heteroatoms. The van der Waals surface area contributed by atoms with Crippen molar-refractivity contribution < 1.29 is 9.53 Å². The number of aryl methyl sites for hydroxylation is 1. The quantitative estimate of drug-likeness (QED) is 0.670. The van der Waals surface area contributed by atoms with E-state index in [1.165, 1.54) is 10.9 Å². The molecule has 3 aromatic rings. The predicted octanol–water partition coefficient (Wildman–Crippen LogP) is 3.78. The molecule has 3 nitrogen and oxygen atoms in total. The fourth-order valence-electron chi connectivity index (χ4n) is 3.14. The summed E-state index contributed by atoms with van der Waals surface area (Å²) in [4.78, 5) is 12.1. The van der Waals surface area contributed by atoms with E-state index in [2.05, 4.69) is 29.7 Å². The number of fused-ring (bicyclic) bond motifs is 4. The Hall–Kier alpha value is -2.29. The number of carbonyl (C=O) groups is 1. The summed E-state index contributed by atoms with van der Waals surface area (Å²) in [6.45, 7) is 3.51. The van der Waals surface area contributed by atoms with Gasteiger partial charge in [-0.1, -0.05) is 18.2 Å². The van der Waals surface area contributed by atoms with Crippen LogP contribution in [0.4, 0.5) is 0 Å². The molecule has 0 saturated heterocycles. The van der Waals surface area contributed by atoms with Gasteiger partial charge < -0.3 is 9.30 Å². The topological polar surface area (TPSA) is 31.2 Å². The molecule has 0 radical (unpaired) electrons. The minimum Gasteiger partial charge on any atom is -0.492 e. The van der Waals surface area contributed by atoms with Gasteiger partial charge in [0, 0.05) is 29.3 Å². The first-order valence-electron chi connectivity index (χ1n) is 7.00. The van der Waals surface area contributed by atoms with Crippen LogP contribution >= 0.6 is 0 Å². The molecule has 0 unspecified atom stereocenters. The summed E-state index contributed by atoms with van der Waals surface area (Å²) < 4.78 is 7.92. The second-order valence-corrected chi connectivity index (χ2v) is 5.15. The first-order chi connectivity index (χ1) is 9.79. The van der Waals surface area contributed by atoms with Crippen molar-refractivity contribution in [1.29, 1.82) is 0 Å². The highest BCUT2D eigenvalue weighted by Crippen LogP contribution is 2.35. The molecule has 0 amide bonds. The average Bonchev–Trinajstić information content (AvgIpc) is 2.79. The molecule has 0 spiro atoms. The number of carbonyl (C=O) groups excluding carboxylic acids is 1. The van der Waals surface area contributed by atoms with Gasteiger partial charge in [0.05, 0.1) is 17.7 Å². The van der Waals surface area contributed by atoms with Crippen molar-refractivity contribution in [3.05, 3.63) is 42.0 Å². The predicted molar refractivity (Wildman–Crippen MR) is 79.6 cm³/mol. The molecule has 1 aromatic heterocycles. The van der Waals surface area contributed by atoms with Crippen molar-refractivity contribution in [2.75, 3.05) is 6.61 Å². The van der Waals surface area contributed by atoms with Crippen LogP contribution in [0.1, 0.15) is 23.7 Å². The average molecular weight is 265 g/mol. The lowest BCUT2D eigenvalue weighted by Crippen LogP contribution is -2.15. The minimum absolute atomic E-state index is 0.182. The summed E-state index contributed by atoms with van der Waals surface area (Å²) in [5.74, 6) is 0.911. The lowest BCUT2D eigenvalue weighted by atomic mass is 10.0. The van der Waals surface area contributed by atoms with Crippen LogP contribution in [0.15, 0.2) is 36.4 Å². The minimum atomic E-state index is 0.182. The monoisotopic (exact) mass is 265 g/mol. The normalized spacial score (nSPS) is 14.6. The van der Waals surface area contributed by atoms with Crippen molar-refractivity contribution in [3.8, 4) is 5.75 Å². The first kappa shape index (κ1) is 11.5. The number of benzene rings is 2. The maximum Gasteiger partial charge on any atom is 0.170 e. The Bertz CT molecular complexity index is 845. The summed E-state index contributed by atoms with van der Waals surface area (Å²) in [5.41, 5.74) is 3.05.